The summed E-state index contributed by atoms with van der Waals surface area (Å²) >= 11 is 0. The monoisotopic (exact) mass is 135 g/mol. The quantitative estimate of drug-likeness (QED) is 0.519. The van der Waals surface area contributed by atoms with E-state index in [0.717, 1.165) is 0 Å². The third-order valence-electron chi connectivity index (χ3n) is 0.400. The Labute approximate surface area is 45.8 Å². The zero-order chi connectivity index (χ0) is 6.73. The highest BCUT2D eigenvalue weighted by molar-refractivity contribution is 7.78. The zero-order valence-electron chi connectivity index (χ0n) is 3.83. The molecule has 0 rings (SSSR count). The lowest BCUT2D eigenvalue weighted by atomic mass is 11.4. The summed E-state index contributed by atoms with van der Waals surface area (Å²) in [6.45, 7) is 0. The van der Waals surface area contributed by atoms with Crippen molar-refractivity contribution in [3.05, 3.63) is 0 Å². The summed E-state index contributed by atoms with van der Waals surface area (Å²) in [5.41, 5.74) is 6.48. The van der Waals surface area contributed by atoms with Crippen LogP contribution in [-0.4, -0.2) is 11.3 Å². The van der Waals surface area contributed by atoms with Gasteiger partial charge in [-0.15, -0.1) is 0 Å². The Morgan fingerprint density at radius 1 is 1.12 bits per heavy atom. The van der Waals surface area contributed by atoms with Gasteiger partial charge in [0.2, 0.25) is 0 Å². The minimum absolute atomic E-state index is 1.17. The Morgan fingerprint density at radius 2 is 1.38 bits per heavy atom. The average molecular weight is 135 g/mol. The maximum atomic E-state index is 10.0. The predicted octanol–water partition coefficient (Wildman–Crippen LogP) is -0.0288. The molecule has 0 bridgehead atoms. The second kappa shape index (κ2) is 2.37. The van der Waals surface area contributed by atoms with Crippen molar-refractivity contribution in [1.82, 2.24) is 0 Å². The van der Waals surface area contributed by atoms with E-state index in [0.29, 0.717) is 0 Å². The van der Waals surface area contributed by atoms with Crippen LogP contribution in [0, 0.1) is 0 Å². The third kappa shape index (κ3) is 1.66. The van der Waals surface area contributed by atoms with E-state index in [-0.39, 0.29) is 0 Å². The molecule has 0 aromatic heterocycles. The number of nitrogens with two attached hydrogens (primary N) is 2. The number of hydrogen-bond acceptors (Lipinski definition) is 3. The molecular weight excluding hydrogens is 131 g/mol. The normalized spacial score (nSPS) is 8.00. The number of primary amides is 2. The van der Waals surface area contributed by atoms with Crippen molar-refractivity contribution >= 4 is 19.1 Å². The highest BCUT2D eigenvalue weighted by Crippen LogP contribution is 2.17. The van der Waals surface area contributed by atoms with E-state index < -0.39 is 19.1 Å². The Bertz CT molecular complexity index is 137. The molecule has 6 heteroatoms. The molecule has 0 spiro atoms. The molecule has 44 valence electrons. The molecule has 2 amide bonds. The van der Waals surface area contributed by atoms with Gasteiger partial charge in [0.1, 0.15) is 0 Å². The molecule has 0 saturated carbocycles. The van der Waals surface area contributed by atoms with Gasteiger partial charge in [-0.3, -0.25) is 0 Å². The molecule has 0 aromatic rings. The van der Waals surface area contributed by atoms with Crippen LogP contribution in [0.25, 0.3) is 0 Å². The van der Waals surface area contributed by atoms with E-state index in [2.05, 4.69) is 11.5 Å². The molecule has 0 heterocycles. The lowest BCUT2D eigenvalue weighted by Gasteiger charge is -1.67. The summed E-state index contributed by atoms with van der Waals surface area (Å²) in [4.78, 5) is 19.6. The van der Waals surface area contributed by atoms with Crippen molar-refractivity contribution < 1.29 is 14.2 Å². The molecule has 0 atom stereocenters. The summed E-state index contributed by atoms with van der Waals surface area (Å²) in [7, 11) is -2.67. The van der Waals surface area contributed by atoms with Crippen molar-refractivity contribution in [1.29, 1.82) is 0 Å². The molecule has 0 radical (unpaired) electrons. The fourth-order valence-corrected chi connectivity index (χ4v) is 0.326. The molecule has 8 heavy (non-hydrogen) atoms. The zero-order valence-corrected chi connectivity index (χ0v) is 4.72. The summed E-state index contributed by atoms with van der Waals surface area (Å²) in [5.74, 6) is 0. The van der Waals surface area contributed by atoms with Gasteiger partial charge >= 0.3 is 19.1 Å². The van der Waals surface area contributed by atoms with Crippen LogP contribution in [0.2, 0.25) is 0 Å². The highest BCUT2D eigenvalue weighted by atomic mass is 31.1. The van der Waals surface area contributed by atoms with Crippen molar-refractivity contribution in [3.8, 4) is 0 Å². The van der Waals surface area contributed by atoms with Crippen molar-refractivity contribution in [2.24, 2.45) is 11.5 Å². The topological polar surface area (TPSA) is 103 Å². The standard InChI is InChI=1S/C2H3N2O3P/c3-1(5)8(7)2(4)6/h(H3-,3,4,5,6)/p+1. The Balaban J connectivity index is 4.05. The van der Waals surface area contributed by atoms with Gasteiger partial charge in [-0.25, -0.2) is 9.59 Å². The lowest BCUT2D eigenvalue weighted by Crippen LogP contribution is -2.11. The average Bonchev–Trinajstić information content (AvgIpc) is 1.64. The second-order valence-electron chi connectivity index (χ2n) is 0.971. The number of carbonyl (C=O) groups excluding carboxylic acids is 2. The molecular formula is C2H4N2O3P+. The highest BCUT2D eigenvalue weighted by Gasteiger charge is 2.32. The predicted molar refractivity (Wildman–Crippen MR) is 26.8 cm³/mol. The molecule has 0 aliphatic heterocycles. The van der Waals surface area contributed by atoms with Crippen LogP contribution in [0.3, 0.4) is 0 Å². The van der Waals surface area contributed by atoms with Crippen molar-refractivity contribution in [3.63, 3.8) is 0 Å². The molecule has 0 unspecified atom stereocenters. The van der Waals surface area contributed by atoms with Crippen LogP contribution in [0.15, 0.2) is 0 Å². The number of amides is 2. The van der Waals surface area contributed by atoms with Crippen molar-refractivity contribution in [2.45, 2.75) is 0 Å². The molecule has 5 nitrogen and oxygen atoms in total. The number of hydrogen-bond donors (Lipinski definition) is 2. The maximum Gasteiger partial charge on any atom is 0.539 e. The first-order valence-electron chi connectivity index (χ1n) is 1.62. The fourth-order valence-electron chi connectivity index (χ4n) is 0.109. The van der Waals surface area contributed by atoms with Crippen LogP contribution >= 0.6 is 7.80 Å². The lowest BCUT2D eigenvalue weighted by molar-refractivity contribution is 0.261. The third-order valence-corrected chi connectivity index (χ3v) is 1.20. The van der Waals surface area contributed by atoms with Gasteiger partial charge in [0.25, 0.3) is 0 Å². The van der Waals surface area contributed by atoms with Crippen molar-refractivity contribution in [2.75, 3.05) is 0 Å². The van der Waals surface area contributed by atoms with E-state index in [4.69, 9.17) is 0 Å². The fraction of sp³-hybridized carbons (Fsp3) is 0. The van der Waals surface area contributed by atoms with Gasteiger partial charge in [-0.2, -0.15) is 0 Å². The van der Waals surface area contributed by atoms with Gasteiger partial charge < -0.3 is 11.5 Å². The van der Waals surface area contributed by atoms with Crippen LogP contribution in [0.4, 0.5) is 9.59 Å². The Hall–Kier alpha value is -0.960. The molecule has 0 aromatic carbocycles. The first kappa shape index (κ1) is 7.04. The first-order chi connectivity index (χ1) is 3.55. The Kier molecular flexibility index (Phi) is 2.09. The minimum Gasteiger partial charge on any atom is -0.326 e. The first-order valence-corrected chi connectivity index (χ1v) is 2.87. The van der Waals surface area contributed by atoms with E-state index in [1.54, 1.807) is 0 Å². The largest absolute Gasteiger partial charge is 0.539 e. The molecule has 0 aliphatic rings. The van der Waals surface area contributed by atoms with Gasteiger partial charge in [0, 0.05) is 0 Å². The summed E-state index contributed by atoms with van der Waals surface area (Å²) in [6.07, 6.45) is 0. The summed E-state index contributed by atoms with van der Waals surface area (Å²) in [5, 5.41) is 0. The van der Waals surface area contributed by atoms with Crippen LogP contribution in [0.1, 0.15) is 0 Å². The van der Waals surface area contributed by atoms with E-state index >= 15 is 0 Å². The van der Waals surface area contributed by atoms with Crippen LogP contribution in [0.5, 0.6) is 0 Å². The molecule has 0 aliphatic carbocycles. The summed E-state index contributed by atoms with van der Waals surface area (Å²) in [6, 6.07) is 0. The second-order valence-corrected chi connectivity index (χ2v) is 2.44. The number of rotatable bonds is 2. The molecule has 0 fully saturated rings. The van der Waals surface area contributed by atoms with Gasteiger partial charge in [-0.05, 0) is 4.57 Å². The van der Waals surface area contributed by atoms with Crippen LogP contribution in [-0.2, 0) is 4.57 Å². The SMILES string of the molecule is NC(=O)[P+](=O)C(N)=O. The van der Waals surface area contributed by atoms with Gasteiger partial charge in [0.15, 0.2) is 0 Å². The molecule has 0 saturated heterocycles. The van der Waals surface area contributed by atoms with E-state index in [1.165, 1.54) is 0 Å². The Morgan fingerprint density at radius 3 is 1.38 bits per heavy atom. The van der Waals surface area contributed by atoms with Crippen LogP contribution < -0.4 is 11.5 Å². The maximum absolute atomic E-state index is 10.0. The smallest absolute Gasteiger partial charge is 0.326 e. The minimum atomic E-state index is -2.67. The van der Waals surface area contributed by atoms with Gasteiger partial charge in [0.05, 0.1) is 0 Å². The summed E-state index contributed by atoms with van der Waals surface area (Å²) < 4.78 is 10.0. The molecule has 4 N–H and O–H groups in total. The number of carbonyl (C=O) groups is 2. The van der Waals surface area contributed by atoms with E-state index in [1.807, 2.05) is 0 Å². The van der Waals surface area contributed by atoms with E-state index in [9.17, 15) is 14.2 Å². The van der Waals surface area contributed by atoms with Gasteiger partial charge in [-0.1, -0.05) is 0 Å².